The van der Waals surface area contributed by atoms with E-state index < -0.39 is 0 Å². The molecule has 2 fully saturated rings. The number of hydrogen-bond acceptors (Lipinski definition) is 4. The number of para-hydroxylation sites is 2. The SMILES string of the molecule is C[C@@H]1CN(c2ccccc2NC(=O)N[C@H](C)[C@H]2CCCO2)C[C@@H](C)O1. The minimum atomic E-state index is -0.190. The number of urea groups is 1. The van der Waals surface area contributed by atoms with Gasteiger partial charge in [0.15, 0.2) is 0 Å². The number of nitrogens with one attached hydrogen (secondary N) is 2. The monoisotopic (exact) mass is 347 g/mol. The van der Waals surface area contributed by atoms with Crippen LogP contribution in [0.4, 0.5) is 16.2 Å². The molecule has 0 unspecified atom stereocenters. The number of hydrogen-bond donors (Lipinski definition) is 2. The van der Waals surface area contributed by atoms with Crippen LogP contribution in [-0.4, -0.2) is 50.1 Å². The maximum Gasteiger partial charge on any atom is 0.319 e. The van der Waals surface area contributed by atoms with Crippen LogP contribution < -0.4 is 15.5 Å². The second-order valence-electron chi connectivity index (χ2n) is 7.12. The second-order valence-corrected chi connectivity index (χ2v) is 7.12. The van der Waals surface area contributed by atoms with Crippen molar-refractivity contribution >= 4 is 17.4 Å². The van der Waals surface area contributed by atoms with Gasteiger partial charge in [0.25, 0.3) is 0 Å². The van der Waals surface area contributed by atoms with Crippen LogP contribution in [-0.2, 0) is 9.47 Å². The number of rotatable bonds is 4. The molecule has 2 aliphatic rings. The van der Waals surface area contributed by atoms with Crippen LogP contribution in [0.25, 0.3) is 0 Å². The summed E-state index contributed by atoms with van der Waals surface area (Å²) < 4.78 is 11.5. The van der Waals surface area contributed by atoms with Crippen LogP contribution in [0.15, 0.2) is 24.3 Å². The number of nitrogens with zero attached hydrogens (tertiary/aromatic N) is 1. The van der Waals surface area contributed by atoms with Crippen LogP contribution in [0, 0.1) is 0 Å². The maximum absolute atomic E-state index is 12.4. The average molecular weight is 347 g/mol. The first kappa shape index (κ1) is 18.0. The van der Waals surface area contributed by atoms with Crippen molar-refractivity contribution < 1.29 is 14.3 Å². The number of morpholine rings is 1. The molecule has 1 aromatic rings. The number of carbonyl (C=O) groups is 1. The van der Waals surface area contributed by atoms with Crippen molar-refractivity contribution in [3.8, 4) is 0 Å². The summed E-state index contributed by atoms with van der Waals surface area (Å²) in [4.78, 5) is 14.7. The fraction of sp³-hybridized carbons (Fsp3) is 0.632. The van der Waals surface area contributed by atoms with Gasteiger partial charge < -0.3 is 25.0 Å². The third-order valence-corrected chi connectivity index (χ3v) is 4.79. The zero-order chi connectivity index (χ0) is 17.8. The topological polar surface area (TPSA) is 62.8 Å². The van der Waals surface area contributed by atoms with Crippen LogP contribution in [0.3, 0.4) is 0 Å². The molecule has 0 aromatic heterocycles. The van der Waals surface area contributed by atoms with Gasteiger partial charge in [-0.15, -0.1) is 0 Å². The lowest BCUT2D eigenvalue weighted by Gasteiger charge is -2.37. The summed E-state index contributed by atoms with van der Waals surface area (Å²) in [5.74, 6) is 0. The number of benzene rings is 1. The summed E-state index contributed by atoms with van der Waals surface area (Å²) in [5, 5.41) is 6.00. The van der Waals surface area contributed by atoms with Gasteiger partial charge in [-0.05, 0) is 45.7 Å². The highest BCUT2D eigenvalue weighted by atomic mass is 16.5. The van der Waals surface area contributed by atoms with Crippen molar-refractivity contribution in [3.63, 3.8) is 0 Å². The van der Waals surface area contributed by atoms with Crippen LogP contribution in [0.1, 0.15) is 33.6 Å². The summed E-state index contributed by atoms with van der Waals surface area (Å²) >= 11 is 0. The third-order valence-electron chi connectivity index (χ3n) is 4.79. The molecule has 0 aliphatic carbocycles. The van der Waals surface area contributed by atoms with Crippen molar-refractivity contribution in [3.05, 3.63) is 24.3 Å². The predicted molar refractivity (Wildman–Crippen MR) is 99.3 cm³/mol. The Morgan fingerprint density at radius 3 is 2.64 bits per heavy atom. The summed E-state index contributed by atoms with van der Waals surface area (Å²) in [6.45, 7) is 8.57. The quantitative estimate of drug-likeness (QED) is 0.879. The molecule has 2 amide bonds. The van der Waals surface area contributed by atoms with Crippen LogP contribution in [0.2, 0.25) is 0 Å². The van der Waals surface area contributed by atoms with E-state index in [0.717, 1.165) is 43.9 Å². The molecular weight excluding hydrogens is 318 g/mol. The summed E-state index contributed by atoms with van der Waals surface area (Å²) in [5.41, 5.74) is 1.85. The first-order valence-corrected chi connectivity index (χ1v) is 9.21. The summed E-state index contributed by atoms with van der Waals surface area (Å²) in [7, 11) is 0. The first-order valence-electron chi connectivity index (χ1n) is 9.21. The number of amides is 2. The molecular formula is C19H29N3O3. The van der Waals surface area contributed by atoms with Gasteiger partial charge >= 0.3 is 6.03 Å². The lowest BCUT2D eigenvalue weighted by atomic mass is 10.1. The number of ether oxygens (including phenoxy) is 2. The largest absolute Gasteiger partial charge is 0.376 e. The van der Waals surface area contributed by atoms with E-state index in [0.29, 0.717) is 0 Å². The van der Waals surface area contributed by atoms with E-state index in [1.165, 1.54) is 0 Å². The van der Waals surface area contributed by atoms with E-state index in [4.69, 9.17) is 9.47 Å². The fourth-order valence-electron chi connectivity index (χ4n) is 3.68. The predicted octanol–water partition coefficient (Wildman–Crippen LogP) is 2.99. The van der Waals surface area contributed by atoms with Crippen molar-refractivity contribution in [2.75, 3.05) is 29.9 Å². The van der Waals surface area contributed by atoms with Gasteiger partial charge in [-0.3, -0.25) is 0 Å². The average Bonchev–Trinajstić information content (AvgIpc) is 3.09. The maximum atomic E-state index is 12.4. The molecule has 1 aromatic carbocycles. The first-order chi connectivity index (χ1) is 12.0. The fourth-order valence-corrected chi connectivity index (χ4v) is 3.68. The molecule has 25 heavy (non-hydrogen) atoms. The molecule has 6 nitrogen and oxygen atoms in total. The number of anilines is 2. The molecule has 0 radical (unpaired) electrons. The molecule has 3 rings (SSSR count). The highest BCUT2D eigenvalue weighted by molar-refractivity contribution is 5.93. The van der Waals surface area contributed by atoms with Gasteiger partial charge in [0, 0.05) is 19.7 Å². The van der Waals surface area contributed by atoms with E-state index in [2.05, 4.69) is 29.4 Å². The Morgan fingerprint density at radius 2 is 1.96 bits per heavy atom. The van der Waals surface area contributed by atoms with Gasteiger partial charge in [-0.1, -0.05) is 12.1 Å². The van der Waals surface area contributed by atoms with Gasteiger partial charge in [-0.25, -0.2) is 4.79 Å². The summed E-state index contributed by atoms with van der Waals surface area (Å²) in [6, 6.07) is 7.73. The number of carbonyl (C=O) groups excluding carboxylic acids is 1. The van der Waals surface area contributed by atoms with Crippen molar-refractivity contribution in [2.24, 2.45) is 0 Å². The third kappa shape index (κ3) is 4.64. The molecule has 2 N–H and O–H groups in total. The standard InChI is InChI=1S/C19H29N3O3/c1-13-11-22(12-14(2)25-13)17-8-5-4-7-16(17)21-19(23)20-15(3)18-9-6-10-24-18/h4-5,7-8,13-15,18H,6,9-12H2,1-3H3,(H2,20,21,23)/t13-,14-,15-,18-/m1/s1. The van der Waals surface area contributed by atoms with Gasteiger partial charge in [0.05, 0.1) is 35.7 Å². The molecule has 0 bridgehead atoms. The van der Waals surface area contributed by atoms with E-state index in [1.54, 1.807) is 0 Å². The van der Waals surface area contributed by atoms with Crippen LogP contribution >= 0.6 is 0 Å². The van der Waals surface area contributed by atoms with Crippen molar-refractivity contribution in [1.29, 1.82) is 0 Å². The van der Waals surface area contributed by atoms with E-state index in [1.807, 2.05) is 31.2 Å². The molecule has 0 saturated carbocycles. The lowest BCUT2D eigenvalue weighted by Crippen LogP contribution is -2.46. The molecule has 4 atom stereocenters. The molecule has 6 heteroatoms. The summed E-state index contributed by atoms with van der Waals surface area (Å²) in [6.07, 6.45) is 2.52. The lowest BCUT2D eigenvalue weighted by molar-refractivity contribution is -0.00517. The Morgan fingerprint density at radius 1 is 1.24 bits per heavy atom. The van der Waals surface area contributed by atoms with Gasteiger partial charge in [0.2, 0.25) is 0 Å². The van der Waals surface area contributed by atoms with Crippen molar-refractivity contribution in [2.45, 2.75) is 58.0 Å². The van der Waals surface area contributed by atoms with Gasteiger partial charge in [0.1, 0.15) is 0 Å². The second kappa shape index (κ2) is 8.06. The highest BCUT2D eigenvalue weighted by Crippen LogP contribution is 2.28. The molecule has 0 spiro atoms. The molecule has 2 heterocycles. The normalized spacial score (nSPS) is 27.8. The van der Waals surface area contributed by atoms with E-state index in [9.17, 15) is 4.79 Å². The molecule has 2 aliphatic heterocycles. The smallest absolute Gasteiger partial charge is 0.319 e. The van der Waals surface area contributed by atoms with Crippen molar-refractivity contribution in [1.82, 2.24) is 5.32 Å². The minimum absolute atomic E-state index is 0.00177. The zero-order valence-corrected chi connectivity index (χ0v) is 15.3. The van der Waals surface area contributed by atoms with Gasteiger partial charge in [-0.2, -0.15) is 0 Å². The van der Waals surface area contributed by atoms with Crippen LogP contribution in [0.5, 0.6) is 0 Å². The van der Waals surface area contributed by atoms with E-state index >= 15 is 0 Å². The highest BCUT2D eigenvalue weighted by Gasteiger charge is 2.26. The minimum Gasteiger partial charge on any atom is -0.376 e. The Hall–Kier alpha value is -1.79. The van der Waals surface area contributed by atoms with E-state index in [-0.39, 0.29) is 30.4 Å². The molecule has 138 valence electrons. The Kier molecular flexibility index (Phi) is 5.81. The molecule has 2 saturated heterocycles. The zero-order valence-electron chi connectivity index (χ0n) is 15.3. The Labute approximate surface area is 149 Å². The Bertz CT molecular complexity index is 579. The Balaban J connectivity index is 1.65.